The van der Waals surface area contributed by atoms with E-state index < -0.39 is 62.2 Å². The third kappa shape index (κ3) is 6.83. The highest BCUT2D eigenvalue weighted by molar-refractivity contribution is 5.75. The number of aromatic nitrogens is 4. The number of aryl methyl sites for hydroxylation is 1. The Morgan fingerprint density at radius 1 is 1.10 bits per heavy atom. The molecule has 0 aromatic carbocycles. The molecule has 220 valence electrons. The van der Waals surface area contributed by atoms with E-state index in [9.17, 15) is 35.5 Å². The predicted octanol–water partition coefficient (Wildman–Crippen LogP) is 5.43. The lowest BCUT2D eigenvalue weighted by Crippen LogP contribution is -2.51. The minimum Gasteiger partial charge on any atom is -0.494 e. The quantitative estimate of drug-likeness (QED) is 0.304. The average molecular weight is 581 g/mol. The summed E-state index contributed by atoms with van der Waals surface area (Å²) in [5.41, 5.74) is 0.508. The molecule has 0 saturated heterocycles. The van der Waals surface area contributed by atoms with Crippen LogP contribution in [0.3, 0.4) is 0 Å². The number of amides is 2. The number of alkyl halides is 7. The van der Waals surface area contributed by atoms with Crippen LogP contribution in [0.1, 0.15) is 37.2 Å². The molecule has 0 fully saturated rings. The van der Waals surface area contributed by atoms with Crippen molar-refractivity contribution in [2.45, 2.75) is 57.8 Å². The van der Waals surface area contributed by atoms with E-state index in [1.165, 1.54) is 27.3 Å². The van der Waals surface area contributed by atoms with Crippen molar-refractivity contribution in [3.05, 3.63) is 36.0 Å². The molecule has 0 aliphatic heterocycles. The van der Waals surface area contributed by atoms with Crippen molar-refractivity contribution in [3.8, 4) is 22.9 Å². The third-order valence-corrected chi connectivity index (χ3v) is 5.92. The molecule has 3 rings (SSSR count). The monoisotopic (exact) mass is 580 g/mol. The first-order valence-electron chi connectivity index (χ1n) is 11.9. The number of nitrogens with one attached hydrogen (secondary N) is 1. The van der Waals surface area contributed by atoms with Gasteiger partial charge in [0.2, 0.25) is 12.1 Å². The van der Waals surface area contributed by atoms with Gasteiger partial charge in [-0.05, 0) is 26.3 Å². The van der Waals surface area contributed by atoms with Crippen LogP contribution in [0.2, 0.25) is 0 Å². The maximum atomic E-state index is 14.4. The number of halogens is 7. The van der Waals surface area contributed by atoms with Gasteiger partial charge < -0.3 is 24.1 Å². The van der Waals surface area contributed by atoms with Gasteiger partial charge in [0.1, 0.15) is 5.75 Å². The molecule has 0 aliphatic rings. The first-order valence-corrected chi connectivity index (χ1v) is 11.9. The van der Waals surface area contributed by atoms with Gasteiger partial charge in [0.15, 0.2) is 6.04 Å². The number of methoxy groups -OCH3 is 2. The summed E-state index contributed by atoms with van der Waals surface area (Å²) in [7, 11) is 2.62. The zero-order valence-electron chi connectivity index (χ0n) is 21.8. The van der Waals surface area contributed by atoms with E-state index in [4.69, 9.17) is 9.47 Å². The first-order chi connectivity index (χ1) is 18.8. The molecular formula is C24H27F7N6O3. The molecule has 3 aromatic heterocycles. The minimum atomic E-state index is -5.11. The highest BCUT2D eigenvalue weighted by atomic mass is 19.4. The van der Waals surface area contributed by atoms with E-state index in [-0.39, 0.29) is 27.8 Å². The number of hydrogen-bond donors (Lipinski definition) is 1. The van der Waals surface area contributed by atoms with Gasteiger partial charge in [-0.3, -0.25) is 4.98 Å². The second-order valence-electron chi connectivity index (χ2n) is 8.65. The Balaban J connectivity index is 2.08. The number of urea groups is 1. The molecular weight excluding hydrogens is 553 g/mol. The third-order valence-electron chi connectivity index (χ3n) is 5.92. The van der Waals surface area contributed by atoms with Gasteiger partial charge in [0, 0.05) is 30.9 Å². The number of hydrogen-bond acceptors (Lipinski definition) is 6. The average Bonchev–Trinajstić information content (AvgIpc) is 3.27. The van der Waals surface area contributed by atoms with Gasteiger partial charge >= 0.3 is 12.2 Å². The van der Waals surface area contributed by atoms with Crippen molar-refractivity contribution in [3.63, 3.8) is 0 Å². The number of carbonyl (C=O) groups is 1. The van der Waals surface area contributed by atoms with Crippen LogP contribution in [0, 0.1) is 6.92 Å². The van der Waals surface area contributed by atoms with Crippen LogP contribution in [-0.4, -0.2) is 76.1 Å². The SMILES string of the molecule is CCN(C(=O)N[C@@H](CCC(F)F)C(F)F)[C@@H](c1cc(-c2cn3cc(C)nc3c(OC)n2)c(OC)cn1)C(F)(F)F. The number of carbonyl (C=O) groups excluding carboxylic acids is 1. The van der Waals surface area contributed by atoms with Gasteiger partial charge in [-0.25, -0.2) is 32.3 Å². The van der Waals surface area contributed by atoms with Crippen LogP contribution in [0.15, 0.2) is 24.7 Å². The Kier molecular flexibility index (Phi) is 9.63. The number of ether oxygens (including phenoxy) is 2. The summed E-state index contributed by atoms with van der Waals surface area (Å²) in [5.74, 6) is 0.127. The highest BCUT2D eigenvalue weighted by Gasteiger charge is 2.48. The molecule has 2 atom stereocenters. The Morgan fingerprint density at radius 3 is 2.35 bits per heavy atom. The van der Waals surface area contributed by atoms with Crippen molar-refractivity contribution in [1.82, 2.24) is 29.6 Å². The normalized spacial score (nSPS) is 13.5. The summed E-state index contributed by atoms with van der Waals surface area (Å²) >= 11 is 0. The lowest BCUT2D eigenvalue weighted by atomic mass is 10.1. The molecule has 0 bridgehead atoms. The molecule has 1 N–H and O–H groups in total. The smallest absolute Gasteiger partial charge is 0.414 e. The van der Waals surface area contributed by atoms with E-state index >= 15 is 0 Å². The Labute approximate surface area is 224 Å². The summed E-state index contributed by atoms with van der Waals surface area (Å²) in [4.78, 5) is 25.5. The molecule has 0 unspecified atom stereocenters. The fourth-order valence-corrected chi connectivity index (χ4v) is 4.09. The highest BCUT2D eigenvalue weighted by Crippen LogP contribution is 2.40. The molecule has 3 heterocycles. The second-order valence-corrected chi connectivity index (χ2v) is 8.65. The van der Waals surface area contributed by atoms with E-state index in [1.807, 2.05) is 0 Å². The fraction of sp³-hybridized carbons (Fsp3) is 0.500. The Morgan fingerprint density at radius 2 is 1.80 bits per heavy atom. The first kappa shape index (κ1) is 30.7. The zero-order chi connectivity index (χ0) is 29.8. The van der Waals surface area contributed by atoms with Crippen LogP contribution in [-0.2, 0) is 0 Å². The number of imidazole rings is 1. The van der Waals surface area contributed by atoms with Crippen molar-refractivity contribution < 1.29 is 45.0 Å². The van der Waals surface area contributed by atoms with Crippen LogP contribution in [0.4, 0.5) is 35.5 Å². The number of fused-ring (bicyclic) bond motifs is 1. The van der Waals surface area contributed by atoms with Gasteiger partial charge in [0.25, 0.3) is 12.3 Å². The van der Waals surface area contributed by atoms with E-state index in [0.29, 0.717) is 11.3 Å². The number of nitrogens with zero attached hydrogens (tertiary/aromatic N) is 5. The molecule has 9 nitrogen and oxygen atoms in total. The lowest BCUT2D eigenvalue weighted by molar-refractivity contribution is -0.179. The molecule has 0 radical (unpaired) electrons. The standard InChI is InChI=1S/C24H27F7N6O3/c1-5-37(23(38)35-14(20(27)28)6-7-18(25)26)19(24(29,30)31)15-8-13(17(39-3)9-32-15)16-11-36-10-12(2)33-21(36)22(34-16)40-4/h8-11,14,18-20H,5-7H2,1-4H3,(H,35,38)/t14-,19-/m0/s1. The van der Waals surface area contributed by atoms with E-state index in [0.717, 1.165) is 12.3 Å². The van der Waals surface area contributed by atoms with Crippen LogP contribution < -0.4 is 14.8 Å². The van der Waals surface area contributed by atoms with E-state index in [1.54, 1.807) is 22.8 Å². The summed E-state index contributed by atoms with van der Waals surface area (Å²) in [6.07, 6.45) is -8.96. The topological polar surface area (TPSA) is 93.9 Å². The summed E-state index contributed by atoms with van der Waals surface area (Å²) in [6.45, 7) is 2.36. The second kappa shape index (κ2) is 12.6. The van der Waals surface area contributed by atoms with Crippen LogP contribution >= 0.6 is 0 Å². The van der Waals surface area contributed by atoms with Crippen molar-refractivity contribution in [2.24, 2.45) is 0 Å². The van der Waals surface area contributed by atoms with Crippen molar-refractivity contribution in [1.29, 1.82) is 0 Å². The maximum Gasteiger partial charge on any atom is 0.414 e. The number of pyridine rings is 1. The molecule has 3 aromatic rings. The molecule has 0 saturated carbocycles. The van der Waals surface area contributed by atoms with Crippen LogP contribution in [0.5, 0.6) is 11.6 Å². The fourth-order valence-electron chi connectivity index (χ4n) is 4.09. The van der Waals surface area contributed by atoms with Crippen LogP contribution in [0.25, 0.3) is 16.9 Å². The number of rotatable bonds is 11. The van der Waals surface area contributed by atoms with Crippen molar-refractivity contribution in [2.75, 3.05) is 20.8 Å². The summed E-state index contributed by atoms with van der Waals surface area (Å²) in [5, 5.41) is 1.76. The molecule has 40 heavy (non-hydrogen) atoms. The van der Waals surface area contributed by atoms with Gasteiger partial charge in [-0.15, -0.1) is 0 Å². The summed E-state index contributed by atoms with van der Waals surface area (Å²) in [6, 6.07) is -5.26. The van der Waals surface area contributed by atoms with Gasteiger partial charge in [-0.2, -0.15) is 13.2 Å². The molecule has 0 spiro atoms. The van der Waals surface area contributed by atoms with Gasteiger partial charge in [-0.1, -0.05) is 0 Å². The zero-order valence-corrected chi connectivity index (χ0v) is 21.8. The Bertz CT molecular complexity index is 1320. The largest absolute Gasteiger partial charge is 0.494 e. The lowest BCUT2D eigenvalue weighted by Gasteiger charge is -2.33. The molecule has 2 amide bonds. The molecule has 16 heteroatoms. The van der Waals surface area contributed by atoms with Gasteiger partial charge in [0.05, 0.1) is 43.5 Å². The molecule has 0 aliphatic carbocycles. The minimum absolute atomic E-state index is 0.0488. The summed E-state index contributed by atoms with van der Waals surface area (Å²) < 4.78 is 107. The predicted molar refractivity (Wildman–Crippen MR) is 129 cm³/mol. The van der Waals surface area contributed by atoms with Crippen molar-refractivity contribution >= 4 is 11.7 Å². The maximum absolute atomic E-state index is 14.4. The van der Waals surface area contributed by atoms with E-state index in [2.05, 4.69) is 15.0 Å². The Hall–Kier alpha value is -3.85.